The minimum atomic E-state index is -0.682. The molecule has 37 heavy (non-hydrogen) atoms. The molecule has 10 heteroatoms. The fraction of sp³-hybridized carbons (Fsp3) is 0.259. The van der Waals surface area contributed by atoms with Crippen LogP contribution in [0.3, 0.4) is 0 Å². The summed E-state index contributed by atoms with van der Waals surface area (Å²) in [6.45, 7) is 4.35. The van der Waals surface area contributed by atoms with Crippen LogP contribution in [0.1, 0.15) is 24.1 Å². The number of anilines is 4. The van der Waals surface area contributed by atoms with E-state index in [4.69, 9.17) is 0 Å². The van der Waals surface area contributed by atoms with Gasteiger partial charge in [0.25, 0.3) is 0 Å². The van der Waals surface area contributed by atoms with Crippen molar-refractivity contribution in [2.75, 3.05) is 23.7 Å². The molecule has 0 radical (unpaired) electrons. The molecule has 1 saturated heterocycles. The van der Waals surface area contributed by atoms with E-state index in [1.807, 2.05) is 37.3 Å². The molecule has 0 unspecified atom stereocenters. The number of hydrogen-bond donors (Lipinski definition) is 3. The van der Waals surface area contributed by atoms with E-state index >= 15 is 0 Å². The number of nitrogens with one attached hydrogen (secondary N) is 2. The standard InChI is InChI=1S/C27H28N8O2/c1-18-3-2-4-22(30-18)25-28-13-9-23(33-25)32-24-10-14-29-27(34-24)31-21-7-5-19(6-8-21)17-35-15-11-20(12-16-35)26(36)37/h2-10,13-14,20H,11-12,15-17H2,1H3,(H,36,37)(H2,28,29,31,32,33,34). The Kier molecular flexibility index (Phi) is 7.27. The number of piperidine rings is 1. The molecule has 3 N–H and O–H groups in total. The molecule has 1 aliphatic heterocycles. The third kappa shape index (κ3) is 6.42. The number of aryl methyl sites for hydroxylation is 1. The molecule has 10 nitrogen and oxygen atoms in total. The Morgan fingerprint density at radius 1 is 0.919 bits per heavy atom. The van der Waals surface area contributed by atoms with Gasteiger partial charge in [-0.1, -0.05) is 18.2 Å². The minimum Gasteiger partial charge on any atom is -0.481 e. The van der Waals surface area contributed by atoms with Gasteiger partial charge in [-0.2, -0.15) is 4.98 Å². The number of hydrogen-bond acceptors (Lipinski definition) is 9. The molecule has 0 aliphatic carbocycles. The molecule has 0 saturated carbocycles. The summed E-state index contributed by atoms with van der Waals surface area (Å²) >= 11 is 0. The van der Waals surface area contributed by atoms with Gasteiger partial charge in [0.15, 0.2) is 5.82 Å². The topological polar surface area (TPSA) is 129 Å². The number of pyridine rings is 1. The lowest BCUT2D eigenvalue weighted by Gasteiger charge is -2.30. The number of carboxylic acid groups (broad SMARTS) is 1. The van der Waals surface area contributed by atoms with Crippen LogP contribution in [0.2, 0.25) is 0 Å². The monoisotopic (exact) mass is 496 g/mol. The molecule has 1 aromatic carbocycles. The molecule has 0 atom stereocenters. The normalized spacial score (nSPS) is 14.3. The fourth-order valence-corrected chi connectivity index (χ4v) is 4.26. The van der Waals surface area contributed by atoms with Crippen molar-refractivity contribution in [1.29, 1.82) is 0 Å². The molecule has 4 aromatic rings. The Labute approximate surface area is 214 Å². The molecular formula is C27H28N8O2. The Hall–Kier alpha value is -4.44. The van der Waals surface area contributed by atoms with Gasteiger partial charge in [-0.3, -0.25) is 9.69 Å². The van der Waals surface area contributed by atoms with Crippen LogP contribution in [-0.4, -0.2) is 54.0 Å². The number of carbonyl (C=O) groups is 1. The maximum Gasteiger partial charge on any atom is 0.306 e. The maximum atomic E-state index is 11.1. The summed E-state index contributed by atoms with van der Waals surface area (Å²) in [5.74, 6) is 1.30. The van der Waals surface area contributed by atoms with Crippen molar-refractivity contribution < 1.29 is 9.90 Å². The Morgan fingerprint density at radius 3 is 2.38 bits per heavy atom. The van der Waals surface area contributed by atoms with Crippen molar-refractivity contribution in [3.8, 4) is 11.5 Å². The number of likely N-dealkylation sites (tertiary alicyclic amines) is 1. The average Bonchev–Trinajstić information content (AvgIpc) is 2.91. The van der Waals surface area contributed by atoms with Crippen molar-refractivity contribution in [3.63, 3.8) is 0 Å². The number of aromatic nitrogens is 5. The molecule has 0 bridgehead atoms. The Balaban J connectivity index is 1.19. The van der Waals surface area contributed by atoms with E-state index in [9.17, 15) is 9.90 Å². The van der Waals surface area contributed by atoms with Crippen LogP contribution in [0.15, 0.2) is 67.0 Å². The average molecular weight is 497 g/mol. The number of rotatable bonds is 8. The van der Waals surface area contributed by atoms with E-state index in [-0.39, 0.29) is 5.92 Å². The van der Waals surface area contributed by atoms with Crippen LogP contribution >= 0.6 is 0 Å². The summed E-state index contributed by atoms with van der Waals surface area (Å²) in [7, 11) is 0. The van der Waals surface area contributed by atoms with E-state index in [0.717, 1.165) is 31.0 Å². The maximum absolute atomic E-state index is 11.1. The van der Waals surface area contributed by atoms with Gasteiger partial charge in [0.1, 0.15) is 17.3 Å². The molecule has 1 fully saturated rings. The van der Waals surface area contributed by atoms with Gasteiger partial charge in [-0.25, -0.2) is 19.9 Å². The smallest absolute Gasteiger partial charge is 0.306 e. The lowest BCUT2D eigenvalue weighted by molar-refractivity contribution is -0.143. The predicted octanol–water partition coefficient (Wildman–Crippen LogP) is 4.42. The first-order valence-electron chi connectivity index (χ1n) is 12.2. The second-order valence-electron chi connectivity index (χ2n) is 9.03. The zero-order chi connectivity index (χ0) is 25.6. The third-order valence-corrected chi connectivity index (χ3v) is 6.24. The van der Waals surface area contributed by atoms with Crippen LogP contribution in [0.5, 0.6) is 0 Å². The first kappa shape index (κ1) is 24.3. The highest BCUT2D eigenvalue weighted by Crippen LogP contribution is 2.22. The number of benzene rings is 1. The van der Waals surface area contributed by atoms with E-state index in [1.165, 1.54) is 5.56 Å². The van der Waals surface area contributed by atoms with Gasteiger partial charge >= 0.3 is 5.97 Å². The first-order valence-corrected chi connectivity index (χ1v) is 12.2. The highest BCUT2D eigenvalue weighted by Gasteiger charge is 2.24. The second kappa shape index (κ2) is 11.1. The minimum absolute atomic E-state index is 0.213. The second-order valence-corrected chi connectivity index (χ2v) is 9.03. The zero-order valence-electron chi connectivity index (χ0n) is 20.5. The Bertz CT molecular complexity index is 1370. The molecule has 5 rings (SSSR count). The van der Waals surface area contributed by atoms with Gasteiger partial charge in [-0.05, 0) is 74.8 Å². The van der Waals surface area contributed by atoms with E-state index in [2.05, 4.69) is 52.6 Å². The highest BCUT2D eigenvalue weighted by atomic mass is 16.4. The predicted molar refractivity (Wildman–Crippen MR) is 141 cm³/mol. The summed E-state index contributed by atoms with van der Waals surface area (Å²) < 4.78 is 0. The summed E-state index contributed by atoms with van der Waals surface area (Å²) in [5, 5.41) is 15.6. The van der Waals surface area contributed by atoms with Crippen LogP contribution in [0, 0.1) is 12.8 Å². The summed E-state index contributed by atoms with van der Waals surface area (Å²) in [4.78, 5) is 35.7. The third-order valence-electron chi connectivity index (χ3n) is 6.24. The molecule has 3 aromatic heterocycles. The Morgan fingerprint density at radius 2 is 1.65 bits per heavy atom. The van der Waals surface area contributed by atoms with E-state index in [0.29, 0.717) is 41.9 Å². The fourth-order valence-electron chi connectivity index (χ4n) is 4.26. The molecule has 0 spiro atoms. The number of nitrogens with zero attached hydrogens (tertiary/aromatic N) is 6. The SMILES string of the molecule is Cc1cccc(-c2nccc(Nc3ccnc(Nc4ccc(CN5CCC(C(=O)O)CC5)cc4)n3)n2)n1. The molecule has 4 heterocycles. The van der Waals surface area contributed by atoms with Crippen molar-refractivity contribution in [2.45, 2.75) is 26.3 Å². The van der Waals surface area contributed by atoms with Crippen LogP contribution < -0.4 is 10.6 Å². The van der Waals surface area contributed by atoms with Crippen molar-refractivity contribution >= 4 is 29.2 Å². The summed E-state index contributed by atoms with van der Waals surface area (Å²) in [5.41, 5.74) is 3.67. The molecular weight excluding hydrogens is 468 g/mol. The number of carboxylic acids is 1. The van der Waals surface area contributed by atoms with Gasteiger partial charge in [-0.15, -0.1) is 0 Å². The summed E-state index contributed by atoms with van der Waals surface area (Å²) in [6.07, 6.45) is 4.77. The zero-order valence-corrected chi connectivity index (χ0v) is 20.5. The lowest BCUT2D eigenvalue weighted by Crippen LogP contribution is -2.35. The summed E-state index contributed by atoms with van der Waals surface area (Å²) in [6, 6.07) is 17.4. The van der Waals surface area contributed by atoms with Gasteiger partial charge < -0.3 is 15.7 Å². The van der Waals surface area contributed by atoms with Gasteiger partial charge in [0.2, 0.25) is 5.95 Å². The molecule has 0 amide bonds. The van der Waals surface area contributed by atoms with E-state index in [1.54, 1.807) is 24.5 Å². The van der Waals surface area contributed by atoms with Gasteiger partial charge in [0, 0.05) is 30.3 Å². The van der Waals surface area contributed by atoms with Crippen molar-refractivity contribution in [3.05, 3.63) is 78.2 Å². The first-order chi connectivity index (χ1) is 18.0. The largest absolute Gasteiger partial charge is 0.481 e. The lowest BCUT2D eigenvalue weighted by atomic mass is 9.97. The van der Waals surface area contributed by atoms with Crippen molar-refractivity contribution in [2.24, 2.45) is 5.92 Å². The highest BCUT2D eigenvalue weighted by molar-refractivity contribution is 5.70. The van der Waals surface area contributed by atoms with E-state index < -0.39 is 5.97 Å². The van der Waals surface area contributed by atoms with Gasteiger partial charge in [0.05, 0.1) is 5.92 Å². The molecule has 1 aliphatic rings. The molecule has 188 valence electrons. The van der Waals surface area contributed by atoms with Crippen LogP contribution in [-0.2, 0) is 11.3 Å². The number of aliphatic carboxylic acids is 1. The van der Waals surface area contributed by atoms with Crippen molar-refractivity contribution in [1.82, 2.24) is 29.8 Å². The van der Waals surface area contributed by atoms with Crippen LogP contribution in [0.25, 0.3) is 11.5 Å². The van der Waals surface area contributed by atoms with Crippen LogP contribution in [0.4, 0.5) is 23.3 Å². The quantitative estimate of drug-likeness (QED) is 0.322.